The maximum Gasteiger partial charge on any atom is 0.244 e. The molecule has 4 nitrogen and oxygen atoms in total. The van der Waals surface area contributed by atoms with Crippen molar-refractivity contribution in [1.29, 1.82) is 0 Å². The lowest BCUT2D eigenvalue weighted by molar-refractivity contribution is 0.133. The van der Waals surface area contributed by atoms with Crippen LogP contribution in [0.15, 0.2) is 26.0 Å². The van der Waals surface area contributed by atoms with Gasteiger partial charge >= 0.3 is 0 Å². The summed E-state index contributed by atoms with van der Waals surface area (Å²) in [5, 5.41) is 9.60. The Kier molecular flexibility index (Phi) is 4.96. The summed E-state index contributed by atoms with van der Waals surface area (Å²) in [6.45, 7) is 4.44. The molecule has 0 radical (unpaired) electrons. The fourth-order valence-electron chi connectivity index (χ4n) is 2.33. The van der Waals surface area contributed by atoms with Crippen molar-refractivity contribution in [1.82, 2.24) is 4.31 Å². The summed E-state index contributed by atoms with van der Waals surface area (Å²) in [5.74, 6) is 0.0115. The van der Waals surface area contributed by atoms with Crippen molar-refractivity contribution in [2.45, 2.75) is 31.3 Å². The summed E-state index contributed by atoms with van der Waals surface area (Å²) in [5.41, 5.74) is 0.971. The van der Waals surface area contributed by atoms with Gasteiger partial charge in [-0.25, -0.2) is 8.42 Å². The van der Waals surface area contributed by atoms with Crippen molar-refractivity contribution in [2.24, 2.45) is 5.92 Å². The van der Waals surface area contributed by atoms with Crippen molar-refractivity contribution < 1.29 is 13.5 Å². The first-order chi connectivity index (χ1) is 9.23. The molecule has 2 atom stereocenters. The topological polar surface area (TPSA) is 57.6 Å². The van der Waals surface area contributed by atoms with E-state index in [1.165, 1.54) is 4.31 Å². The molecule has 1 N–H and O–H groups in total. The van der Waals surface area contributed by atoms with Gasteiger partial charge < -0.3 is 5.11 Å². The second-order valence-corrected chi connectivity index (χ2v) is 8.80. The van der Waals surface area contributed by atoms with Crippen LogP contribution in [-0.4, -0.2) is 37.0 Å². The van der Waals surface area contributed by atoms with Gasteiger partial charge in [-0.15, -0.1) is 0 Å². The molecule has 1 fully saturated rings. The average Bonchev–Trinajstić information content (AvgIpc) is 2.83. The number of hydrogen-bond acceptors (Lipinski definition) is 3. The summed E-state index contributed by atoms with van der Waals surface area (Å²) in [6, 6.07) is 3.42. The molecular weight excluding hydrogens is 410 g/mol. The van der Waals surface area contributed by atoms with Crippen LogP contribution in [0.1, 0.15) is 18.9 Å². The summed E-state index contributed by atoms with van der Waals surface area (Å²) in [4.78, 5) is 0.265. The molecule has 0 bridgehead atoms. The van der Waals surface area contributed by atoms with Gasteiger partial charge in [0.05, 0.1) is 11.0 Å². The predicted molar refractivity (Wildman–Crippen MR) is 85.1 cm³/mol. The number of halogens is 2. The number of hydrogen-bond donors (Lipinski definition) is 1. The molecule has 0 aromatic heterocycles. The molecule has 0 amide bonds. The number of aliphatic hydroxyl groups excluding tert-OH is 1. The molecule has 112 valence electrons. The van der Waals surface area contributed by atoms with Crippen molar-refractivity contribution in [3.05, 3.63) is 26.6 Å². The Labute approximate surface area is 136 Å². The Balaban J connectivity index is 2.35. The van der Waals surface area contributed by atoms with Gasteiger partial charge in [-0.2, -0.15) is 4.31 Å². The average molecular weight is 427 g/mol. The Morgan fingerprint density at radius 2 is 2.00 bits per heavy atom. The van der Waals surface area contributed by atoms with Crippen molar-refractivity contribution in [3.8, 4) is 0 Å². The zero-order valence-corrected chi connectivity index (χ0v) is 15.3. The summed E-state index contributed by atoms with van der Waals surface area (Å²) in [6.07, 6.45) is 0.213. The van der Waals surface area contributed by atoms with E-state index >= 15 is 0 Å². The van der Waals surface area contributed by atoms with Gasteiger partial charge in [-0.3, -0.25) is 0 Å². The van der Waals surface area contributed by atoms with Gasteiger partial charge in [0.1, 0.15) is 0 Å². The summed E-state index contributed by atoms with van der Waals surface area (Å²) < 4.78 is 28.1. The monoisotopic (exact) mass is 425 g/mol. The first kappa shape index (κ1) is 16.4. The first-order valence-electron chi connectivity index (χ1n) is 6.37. The van der Waals surface area contributed by atoms with Crippen LogP contribution in [0.4, 0.5) is 0 Å². The van der Waals surface area contributed by atoms with E-state index in [2.05, 4.69) is 31.9 Å². The molecule has 2 rings (SSSR count). The number of benzene rings is 1. The normalized spacial score (nSPS) is 22.1. The fourth-order valence-corrected chi connectivity index (χ4v) is 5.48. The molecule has 1 saturated heterocycles. The second kappa shape index (κ2) is 6.04. The highest BCUT2D eigenvalue weighted by Crippen LogP contribution is 2.33. The lowest BCUT2D eigenvalue weighted by Crippen LogP contribution is -2.30. The molecule has 1 aromatic carbocycles. The fraction of sp³-hybridized carbons (Fsp3) is 0.538. The van der Waals surface area contributed by atoms with E-state index in [9.17, 15) is 13.5 Å². The van der Waals surface area contributed by atoms with Crippen LogP contribution in [-0.2, 0) is 10.0 Å². The van der Waals surface area contributed by atoms with Gasteiger partial charge in [0.15, 0.2) is 0 Å². The molecule has 1 heterocycles. The van der Waals surface area contributed by atoms with Crippen LogP contribution in [0.25, 0.3) is 0 Å². The smallest absolute Gasteiger partial charge is 0.244 e. The number of rotatable bonds is 3. The third-order valence-corrected chi connectivity index (χ3v) is 7.38. The van der Waals surface area contributed by atoms with E-state index in [0.717, 1.165) is 10.0 Å². The zero-order valence-electron chi connectivity index (χ0n) is 11.3. The molecule has 7 heteroatoms. The molecule has 0 aliphatic carbocycles. The van der Waals surface area contributed by atoms with E-state index in [1.54, 1.807) is 19.1 Å². The number of nitrogens with zero attached hydrogens (tertiary/aromatic N) is 1. The van der Waals surface area contributed by atoms with Gasteiger partial charge in [0, 0.05) is 22.0 Å². The largest absolute Gasteiger partial charge is 0.393 e. The Bertz CT molecular complexity index is 616. The van der Waals surface area contributed by atoms with E-state index in [4.69, 9.17) is 0 Å². The van der Waals surface area contributed by atoms with Crippen LogP contribution in [0.5, 0.6) is 0 Å². The van der Waals surface area contributed by atoms with E-state index in [-0.39, 0.29) is 10.8 Å². The minimum absolute atomic E-state index is 0.0115. The molecule has 20 heavy (non-hydrogen) atoms. The quantitative estimate of drug-likeness (QED) is 0.808. The van der Waals surface area contributed by atoms with Crippen LogP contribution in [0.3, 0.4) is 0 Å². The van der Waals surface area contributed by atoms with Crippen LogP contribution in [0, 0.1) is 12.8 Å². The highest BCUT2D eigenvalue weighted by Gasteiger charge is 2.35. The van der Waals surface area contributed by atoms with Gasteiger partial charge in [-0.1, -0.05) is 15.9 Å². The number of aliphatic hydroxyl groups is 1. The number of aryl methyl sites for hydroxylation is 1. The standard InChI is InChI=1S/C13H17Br2NO3S/c1-8-5-12(15)13(6-11(8)14)20(18,19)16-4-3-10(7-16)9(2)17/h5-6,9-10,17H,3-4,7H2,1-2H3. The predicted octanol–water partition coefficient (Wildman–Crippen LogP) is 2.91. The van der Waals surface area contributed by atoms with E-state index in [1.807, 2.05) is 6.92 Å². The molecule has 1 aliphatic rings. The second-order valence-electron chi connectivity index (χ2n) is 5.18. The zero-order chi connectivity index (χ0) is 15.1. The summed E-state index contributed by atoms with van der Waals surface area (Å²) >= 11 is 6.70. The van der Waals surface area contributed by atoms with E-state index in [0.29, 0.717) is 24.0 Å². The molecule has 1 aromatic rings. The highest BCUT2D eigenvalue weighted by atomic mass is 79.9. The lowest BCUT2D eigenvalue weighted by Gasteiger charge is -2.19. The third kappa shape index (κ3) is 3.11. The molecule has 0 saturated carbocycles. The molecular formula is C13H17Br2NO3S. The molecule has 0 spiro atoms. The van der Waals surface area contributed by atoms with Crippen molar-refractivity contribution in [2.75, 3.05) is 13.1 Å². The van der Waals surface area contributed by atoms with Crippen molar-refractivity contribution in [3.63, 3.8) is 0 Å². The SMILES string of the molecule is Cc1cc(Br)c(S(=O)(=O)N2CCC(C(C)O)C2)cc1Br. The maximum atomic E-state index is 12.7. The Morgan fingerprint density at radius 1 is 1.35 bits per heavy atom. The molecule has 2 unspecified atom stereocenters. The van der Waals surface area contributed by atoms with Crippen molar-refractivity contribution >= 4 is 41.9 Å². The number of sulfonamides is 1. The summed E-state index contributed by atoms with van der Waals surface area (Å²) in [7, 11) is -3.53. The van der Waals surface area contributed by atoms with Gasteiger partial charge in [-0.05, 0) is 59.8 Å². The van der Waals surface area contributed by atoms with Crippen LogP contribution < -0.4 is 0 Å². The Hall–Kier alpha value is 0.0500. The lowest BCUT2D eigenvalue weighted by atomic mass is 10.0. The minimum Gasteiger partial charge on any atom is -0.393 e. The highest BCUT2D eigenvalue weighted by molar-refractivity contribution is 9.11. The third-order valence-electron chi connectivity index (χ3n) is 3.70. The van der Waals surface area contributed by atoms with Gasteiger partial charge in [0.25, 0.3) is 0 Å². The molecule has 1 aliphatic heterocycles. The Morgan fingerprint density at radius 3 is 2.55 bits per heavy atom. The van der Waals surface area contributed by atoms with Gasteiger partial charge in [0.2, 0.25) is 10.0 Å². The minimum atomic E-state index is -3.53. The van der Waals surface area contributed by atoms with Crippen LogP contribution >= 0.6 is 31.9 Å². The van der Waals surface area contributed by atoms with E-state index < -0.39 is 16.1 Å². The first-order valence-corrected chi connectivity index (χ1v) is 9.40. The maximum absolute atomic E-state index is 12.7. The van der Waals surface area contributed by atoms with Crippen LogP contribution in [0.2, 0.25) is 0 Å².